The molecule has 1 atom stereocenters. The third kappa shape index (κ3) is 1.76. The van der Waals surface area contributed by atoms with Gasteiger partial charge < -0.3 is 15.2 Å². The van der Waals surface area contributed by atoms with Crippen molar-refractivity contribution in [3.8, 4) is 0 Å². The number of nitrogens with one attached hydrogen (secondary N) is 1. The minimum Gasteiger partial charge on any atom is -0.479 e. The maximum Gasteiger partial charge on any atom is 0.337 e. The highest BCUT2D eigenvalue weighted by atomic mass is 16.5. The van der Waals surface area contributed by atoms with E-state index in [1.807, 2.05) is 13.8 Å². The average Bonchev–Trinajstić information content (AvgIpc) is 2.35. The van der Waals surface area contributed by atoms with Crippen molar-refractivity contribution < 1.29 is 14.6 Å². The van der Waals surface area contributed by atoms with E-state index in [9.17, 15) is 4.79 Å². The van der Waals surface area contributed by atoms with Gasteiger partial charge in [0.25, 0.3) is 0 Å². The van der Waals surface area contributed by atoms with E-state index >= 15 is 0 Å². The molecular weight excluding hydrogens is 158 g/mol. The molecule has 0 aromatic rings. The monoisotopic (exact) mass is 173 g/mol. The largest absolute Gasteiger partial charge is 0.479 e. The Labute approximate surface area is 71.9 Å². The molecule has 0 aromatic carbocycles. The van der Waals surface area contributed by atoms with Crippen molar-refractivity contribution in [3.05, 3.63) is 0 Å². The van der Waals surface area contributed by atoms with Crippen molar-refractivity contribution in [2.24, 2.45) is 0 Å². The number of aliphatic carboxylic acids is 1. The van der Waals surface area contributed by atoms with Gasteiger partial charge in [-0.1, -0.05) is 0 Å². The fourth-order valence-electron chi connectivity index (χ4n) is 1.45. The number of ether oxygens (including phenoxy) is 1. The van der Waals surface area contributed by atoms with Gasteiger partial charge >= 0.3 is 5.97 Å². The van der Waals surface area contributed by atoms with Gasteiger partial charge in [0.15, 0.2) is 5.60 Å². The smallest absolute Gasteiger partial charge is 0.337 e. The molecule has 1 aliphatic heterocycles. The maximum absolute atomic E-state index is 10.9. The molecule has 0 spiro atoms. The lowest BCUT2D eigenvalue weighted by Gasteiger charge is -2.25. The number of rotatable bonds is 3. The Morgan fingerprint density at radius 1 is 1.67 bits per heavy atom. The second-order valence-electron chi connectivity index (χ2n) is 3.39. The van der Waals surface area contributed by atoms with Crippen LogP contribution in [0, 0.1) is 0 Å². The fraction of sp³-hybridized carbons (Fsp3) is 0.875. The third-order valence-electron chi connectivity index (χ3n) is 1.97. The predicted molar refractivity (Wildman–Crippen MR) is 44.1 cm³/mol. The van der Waals surface area contributed by atoms with Crippen molar-refractivity contribution in [2.75, 3.05) is 13.1 Å². The molecule has 4 nitrogen and oxygen atoms in total. The highest BCUT2D eigenvalue weighted by molar-refractivity contribution is 5.78. The molecule has 1 saturated heterocycles. The van der Waals surface area contributed by atoms with Crippen LogP contribution in [-0.2, 0) is 9.53 Å². The van der Waals surface area contributed by atoms with E-state index in [2.05, 4.69) is 5.32 Å². The standard InChI is InChI=1S/C8H15NO3/c1-6(2)12-8(7(10)11)3-4-9-5-8/h6,9H,3-5H2,1-2H3,(H,10,11). The molecule has 70 valence electrons. The lowest BCUT2D eigenvalue weighted by Crippen LogP contribution is -2.45. The summed E-state index contributed by atoms with van der Waals surface area (Å²) in [6, 6.07) is 0. The average molecular weight is 173 g/mol. The normalized spacial score (nSPS) is 29.6. The van der Waals surface area contributed by atoms with E-state index in [1.165, 1.54) is 0 Å². The summed E-state index contributed by atoms with van der Waals surface area (Å²) in [7, 11) is 0. The van der Waals surface area contributed by atoms with Gasteiger partial charge in [-0.2, -0.15) is 0 Å². The number of carbonyl (C=O) groups is 1. The van der Waals surface area contributed by atoms with Gasteiger partial charge in [0.2, 0.25) is 0 Å². The molecule has 0 aliphatic carbocycles. The molecule has 0 radical (unpaired) electrons. The van der Waals surface area contributed by atoms with Crippen LogP contribution in [0.1, 0.15) is 20.3 Å². The number of carboxylic acid groups (broad SMARTS) is 1. The minimum atomic E-state index is -0.978. The first-order valence-electron chi connectivity index (χ1n) is 4.19. The van der Waals surface area contributed by atoms with Crippen molar-refractivity contribution in [1.29, 1.82) is 0 Å². The van der Waals surface area contributed by atoms with E-state index in [0.29, 0.717) is 13.0 Å². The van der Waals surface area contributed by atoms with Gasteiger partial charge in [-0.25, -0.2) is 4.79 Å². The zero-order valence-electron chi connectivity index (χ0n) is 7.46. The molecule has 12 heavy (non-hydrogen) atoms. The van der Waals surface area contributed by atoms with Crippen molar-refractivity contribution in [3.63, 3.8) is 0 Å². The summed E-state index contributed by atoms with van der Waals surface area (Å²) in [6.45, 7) is 4.84. The maximum atomic E-state index is 10.9. The van der Waals surface area contributed by atoms with E-state index in [-0.39, 0.29) is 6.10 Å². The molecule has 4 heteroatoms. The van der Waals surface area contributed by atoms with E-state index in [1.54, 1.807) is 0 Å². The van der Waals surface area contributed by atoms with E-state index in [4.69, 9.17) is 9.84 Å². The summed E-state index contributed by atoms with van der Waals surface area (Å²) in [5.74, 6) is -0.860. The molecule has 0 saturated carbocycles. The first-order chi connectivity index (χ1) is 5.57. The summed E-state index contributed by atoms with van der Waals surface area (Å²) in [4.78, 5) is 10.9. The van der Waals surface area contributed by atoms with Crippen LogP contribution in [0.3, 0.4) is 0 Å². The van der Waals surface area contributed by atoms with Crippen molar-refractivity contribution >= 4 is 5.97 Å². The highest BCUT2D eigenvalue weighted by Gasteiger charge is 2.43. The van der Waals surface area contributed by atoms with Crippen molar-refractivity contribution in [1.82, 2.24) is 5.32 Å². The molecule has 2 N–H and O–H groups in total. The summed E-state index contributed by atoms with van der Waals surface area (Å²) in [6.07, 6.45) is 0.515. The van der Waals surface area contributed by atoms with Gasteiger partial charge in [0.1, 0.15) is 0 Å². The Morgan fingerprint density at radius 3 is 2.67 bits per heavy atom. The second-order valence-corrected chi connectivity index (χ2v) is 3.39. The molecule has 1 unspecified atom stereocenters. The summed E-state index contributed by atoms with van der Waals surface area (Å²) < 4.78 is 5.40. The van der Waals surface area contributed by atoms with Crippen LogP contribution in [0.15, 0.2) is 0 Å². The number of hydrogen-bond donors (Lipinski definition) is 2. The summed E-state index contributed by atoms with van der Waals surface area (Å²) in [5.41, 5.74) is -0.978. The fourth-order valence-corrected chi connectivity index (χ4v) is 1.45. The quantitative estimate of drug-likeness (QED) is 0.641. The van der Waals surface area contributed by atoms with Crippen LogP contribution in [0.4, 0.5) is 0 Å². The molecule has 0 amide bonds. The predicted octanol–water partition coefficient (Wildman–Crippen LogP) is 0.228. The molecule has 0 aromatic heterocycles. The Bertz CT molecular complexity index is 173. The highest BCUT2D eigenvalue weighted by Crippen LogP contribution is 2.21. The Balaban J connectivity index is 2.65. The van der Waals surface area contributed by atoms with Crippen LogP contribution < -0.4 is 5.32 Å². The first-order valence-corrected chi connectivity index (χ1v) is 4.19. The van der Waals surface area contributed by atoms with Gasteiger partial charge in [-0.15, -0.1) is 0 Å². The first kappa shape index (κ1) is 9.48. The lowest BCUT2D eigenvalue weighted by molar-refractivity contribution is -0.168. The summed E-state index contributed by atoms with van der Waals surface area (Å²) >= 11 is 0. The number of hydrogen-bond acceptors (Lipinski definition) is 3. The third-order valence-corrected chi connectivity index (χ3v) is 1.97. The zero-order chi connectivity index (χ0) is 9.19. The van der Waals surface area contributed by atoms with E-state index in [0.717, 1.165) is 6.54 Å². The van der Waals surface area contributed by atoms with E-state index < -0.39 is 11.6 Å². The van der Waals surface area contributed by atoms with Gasteiger partial charge in [-0.05, 0) is 20.4 Å². The molecule has 0 bridgehead atoms. The van der Waals surface area contributed by atoms with Crippen LogP contribution in [0.5, 0.6) is 0 Å². The second kappa shape index (κ2) is 3.41. The molecule has 1 aliphatic rings. The molecule has 1 heterocycles. The summed E-state index contributed by atoms with van der Waals surface area (Å²) in [5, 5.41) is 11.9. The van der Waals surface area contributed by atoms with Gasteiger partial charge in [-0.3, -0.25) is 0 Å². The van der Waals surface area contributed by atoms with Crippen LogP contribution in [0.2, 0.25) is 0 Å². The molecule has 1 fully saturated rings. The van der Waals surface area contributed by atoms with Crippen LogP contribution >= 0.6 is 0 Å². The zero-order valence-corrected chi connectivity index (χ0v) is 7.46. The van der Waals surface area contributed by atoms with Gasteiger partial charge in [0, 0.05) is 13.0 Å². The van der Waals surface area contributed by atoms with Crippen LogP contribution in [-0.4, -0.2) is 35.9 Å². The SMILES string of the molecule is CC(C)OC1(C(=O)O)CCNC1. The number of carboxylic acids is 1. The van der Waals surface area contributed by atoms with Gasteiger partial charge in [0.05, 0.1) is 6.10 Å². The molecule has 1 rings (SSSR count). The Hall–Kier alpha value is -0.610. The Kier molecular flexibility index (Phi) is 2.69. The Morgan fingerprint density at radius 2 is 2.33 bits per heavy atom. The molecular formula is C8H15NO3. The minimum absolute atomic E-state index is 0.0407. The lowest BCUT2D eigenvalue weighted by atomic mass is 10.0. The van der Waals surface area contributed by atoms with Crippen molar-refractivity contribution in [2.45, 2.75) is 32.0 Å². The van der Waals surface area contributed by atoms with Crippen LogP contribution in [0.25, 0.3) is 0 Å². The topological polar surface area (TPSA) is 58.6 Å².